The van der Waals surface area contributed by atoms with Crippen molar-refractivity contribution in [3.05, 3.63) is 39.7 Å². The summed E-state index contributed by atoms with van der Waals surface area (Å²) in [6, 6.07) is 4.96. The number of aliphatic hydroxyl groups excluding tert-OH is 1. The van der Waals surface area contributed by atoms with E-state index >= 15 is 0 Å². The van der Waals surface area contributed by atoms with Gasteiger partial charge in [-0.05, 0) is 56.5 Å². The zero-order valence-electron chi connectivity index (χ0n) is 15.9. The predicted octanol–water partition coefficient (Wildman–Crippen LogP) is 2.38. The predicted molar refractivity (Wildman–Crippen MR) is 105 cm³/mol. The minimum Gasteiger partial charge on any atom is -0.423 e. The molecule has 0 radical (unpaired) electrons. The van der Waals surface area contributed by atoms with Crippen LogP contribution in [0.4, 0.5) is 10.5 Å². The molecule has 0 unspecified atom stereocenters. The molecule has 1 aliphatic rings. The van der Waals surface area contributed by atoms with E-state index < -0.39 is 0 Å². The Bertz CT molecular complexity index is 877. The fourth-order valence-electron chi connectivity index (χ4n) is 3.64. The number of amides is 2. The van der Waals surface area contributed by atoms with Crippen LogP contribution in [-0.4, -0.2) is 48.3 Å². The van der Waals surface area contributed by atoms with Crippen LogP contribution in [0.2, 0.25) is 0 Å². The summed E-state index contributed by atoms with van der Waals surface area (Å²) in [5.41, 5.74) is 2.45. The molecule has 3 N–H and O–H groups in total. The molecule has 1 aromatic carbocycles. The van der Waals surface area contributed by atoms with Gasteiger partial charge in [0.25, 0.3) is 0 Å². The lowest BCUT2D eigenvalue weighted by Gasteiger charge is -2.34. The van der Waals surface area contributed by atoms with Crippen LogP contribution in [0.3, 0.4) is 0 Å². The molecule has 2 aromatic rings. The minimum atomic E-state index is -0.378. The lowest BCUT2D eigenvalue weighted by atomic mass is 10.0. The molecular weight excluding hydrogens is 346 g/mol. The Morgan fingerprint density at radius 3 is 2.85 bits per heavy atom. The highest BCUT2D eigenvalue weighted by Gasteiger charge is 2.21. The molecule has 0 aliphatic carbocycles. The normalized spacial score (nSPS) is 17.8. The number of piperidine rings is 1. The molecular formula is C20H27N3O4. The van der Waals surface area contributed by atoms with Gasteiger partial charge in [-0.1, -0.05) is 6.42 Å². The summed E-state index contributed by atoms with van der Waals surface area (Å²) in [4.78, 5) is 26.0. The summed E-state index contributed by atoms with van der Waals surface area (Å²) in [5, 5.41) is 16.0. The first-order valence-electron chi connectivity index (χ1n) is 9.43. The molecule has 2 heterocycles. The first-order valence-corrected chi connectivity index (χ1v) is 9.43. The van der Waals surface area contributed by atoms with Crippen LogP contribution in [0.5, 0.6) is 0 Å². The molecule has 1 saturated heterocycles. The summed E-state index contributed by atoms with van der Waals surface area (Å²) < 4.78 is 5.23. The fraction of sp³-hybridized carbons (Fsp3) is 0.500. The van der Waals surface area contributed by atoms with E-state index in [1.807, 2.05) is 19.9 Å². The number of rotatable bonds is 5. The molecule has 0 bridgehead atoms. The average molecular weight is 373 g/mol. The van der Waals surface area contributed by atoms with E-state index in [4.69, 9.17) is 4.42 Å². The third kappa shape index (κ3) is 4.67. The number of nitrogens with zero attached hydrogens (tertiary/aromatic N) is 1. The van der Waals surface area contributed by atoms with Gasteiger partial charge >= 0.3 is 11.7 Å². The summed E-state index contributed by atoms with van der Waals surface area (Å²) in [5.74, 6) is 0. The molecule has 27 heavy (non-hydrogen) atoms. The van der Waals surface area contributed by atoms with Gasteiger partial charge in [-0.15, -0.1) is 0 Å². The molecule has 7 heteroatoms. The van der Waals surface area contributed by atoms with Crippen LogP contribution in [-0.2, 0) is 0 Å². The SMILES string of the molecule is Cc1cc2oc(=O)cc(C)c2cc1NC(=O)NCCN1CCCC[C@@H]1CO. The van der Waals surface area contributed by atoms with Crippen molar-refractivity contribution in [2.75, 3.05) is 31.6 Å². The van der Waals surface area contributed by atoms with Crippen molar-refractivity contribution in [1.29, 1.82) is 0 Å². The molecule has 1 atom stereocenters. The Hall–Kier alpha value is -2.38. The van der Waals surface area contributed by atoms with Crippen molar-refractivity contribution in [1.82, 2.24) is 10.2 Å². The van der Waals surface area contributed by atoms with E-state index in [1.54, 1.807) is 6.07 Å². The van der Waals surface area contributed by atoms with Crippen molar-refractivity contribution in [3.63, 3.8) is 0 Å². The first-order chi connectivity index (χ1) is 13.0. The number of hydrogen-bond acceptors (Lipinski definition) is 5. The maximum Gasteiger partial charge on any atom is 0.336 e. The highest BCUT2D eigenvalue weighted by molar-refractivity contribution is 5.94. The molecule has 1 aliphatic heterocycles. The third-order valence-electron chi connectivity index (χ3n) is 5.19. The number of carbonyl (C=O) groups is 1. The topological polar surface area (TPSA) is 94.8 Å². The van der Waals surface area contributed by atoms with Gasteiger partial charge in [0.1, 0.15) is 5.58 Å². The Labute approximate surface area is 158 Å². The quantitative estimate of drug-likeness (QED) is 0.700. The molecule has 1 aromatic heterocycles. The molecule has 0 spiro atoms. The number of aryl methyl sites for hydroxylation is 2. The van der Waals surface area contributed by atoms with Crippen LogP contribution in [0.1, 0.15) is 30.4 Å². The minimum absolute atomic E-state index is 0.165. The largest absolute Gasteiger partial charge is 0.423 e. The van der Waals surface area contributed by atoms with E-state index in [0.717, 1.165) is 48.9 Å². The van der Waals surface area contributed by atoms with E-state index in [-0.39, 0.29) is 24.3 Å². The van der Waals surface area contributed by atoms with Gasteiger partial charge in [0.05, 0.1) is 6.61 Å². The zero-order valence-corrected chi connectivity index (χ0v) is 15.9. The average Bonchev–Trinajstić information content (AvgIpc) is 2.63. The van der Waals surface area contributed by atoms with E-state index in [9.17, 15) is 14.7 Å². The lowest BCUT2D eigenvalue weighted by Crippen LogP contribution is -2.46. The second kappa shape index (κ2) is 8.54. The third-order valence-corrected chi connectivity index (χ3v) is 5.19. The standard InChI is InChI=1S/C20H27N3O4/c1-13-10-19(25)27-18-9-14(2)17(11-16(13)18)22-20(26)21-6-8-23-7-4-3-5-15(23)12-24/h9-11,15,24H,3-8,12H2,1-2H3,(H2,21,22,26)/t15-/m1/s1. The van der Waals surface area contributed by atoms with Crippen LogP contribution < -0.4 is 16.3 Å². The summed E-state index contributed by atoms with van der Waals surface area (Å²) in [6.07, 6.45) is 3.29. The number of fused-ring (bicyclic) bond motifs is 1. The van der Waals surface area contributed by atoms with Gasteiger partial charge in [0.15, 0.2) is 0 Å². The van der Waals surface area contributed by atoms with Crippen molar-refractivity contribution in [3.8, 4) is 0 Å². The number of anilines is 1. The smallest absolute Gasteiger partial charge is 0.336 e. The Balaban J connectivity index is 1.60. The van der Waals surface area contributed by atoms with Gasteiger partial charge in [0.2, 0.25) is 0 Å². The Morgan fingerprint density at radius 2 is 2.07 bits per heavy atom. The second-order valence-electron chi connectivity index (χ2n) is 7.16. The summed E-state index contributed by atoms with van der Waals surface area (Å²) >= 11 is 0. The lowest BCUT2D eigenvalue weighted by molar-refractivity contribution is 0.0917. The van der Waals surface area contributed by atoms with Crippen molar-refractivity contribution >= 4 is 22.7 Å². The number of benzene rings is 1. The zero-order chi connectivity index (χ0) is 19.4. The number of hydrogen-bond donors (Lipinski definition) is 3. The highest BCUT2D eigenvalue weighted by Crippen LogP contribution is 2.25. The maximum absolute atomic E-state index is 12.3. The molecule has 1 fully saturated rings. The van der Waals surface area contributed by atoms with Crippen molar-refractivity contribution in [2.45, 2.75) is 39.2 Å². The monoisotopic (exact) mass is 373 g/mol. The van der Waals surface area contributed by atoms with E-state index in [1.165, 1.54) is 6.07 Å². The molecule has 0 saturated carbocycles. The fourth-order valence-corrected chi connectivity index (χ4v) is 3.64. The van der Waals surface area contributed by atoms with Crippen LogP contribution in [0.25, 0.3) is 11.0 Å². The van der Waals surface area contributed by atoms with E-state index in [2.05, 4.69) is 15.5 Å². The van der Waals surface area contributed by atoms with Crippen molar-refractivity contribution in [2.24, 2.45) is 0 Å². The van der Waals surface area contributed by atoms with Gasteiger partial charge in [0, 0.05) is 36.3 Å². The Morgan fingerprint density at radius 1 is 1.26 bits per heavy atom. The summed E-state index contributed by atoms with van der Waals surface area (Å²) in [6.45, 7) is 6.06. The van der Waals surface area contributed by atoms with Gasteiger partial charge in [-0.3, -0.25) is 4.90 Å². The van der Waals surface area contributed by atoms with E-state index in [0.29, 0.717) is 17.8 Å². The number of likely N-dealkylation sites (tertiary alicyclic amines) is 1. The second-order valence-corrected chi connectivity index (χ2v) is 7.16. The Kier molecular flexibility index (Phi) is 6.13. The first kappa shape index (κ1) is 19.4. The van der Waals surface area contributed by atoms with Crippen LogP contribution in [0, 0.1) is 13.8 Å². The highest BCUT2D eigenvalue weighted by atomic mass is 16.4. The van der Waals surface area contributed by atoms with Crippen molar-refractivity contribution < 1.29 is 14.3 Å². The molecule has 146 valence electrons. The number of nitrogens with one attached hydrogen (secondary N) is 2. The van der Waals surface area contributed by atoms with Gasteiger partial charge in [-0.25, -0.2) is 9.59 Å². The maximum atomic E-state index is 12.3. The van der Waals surface area contributed by atoms with Gasteiger partial charge in [-0.2, -0.15) is 0 Å². The molecule has 3 rings (SSSR count). The molecule has 2 amide bonds. The van der Waals surface area contributed by atoms with Crippen LogP contribution >= 0.6 is 0 Å². The van der Waals surface area contributed by atoms with Crippen LogP contribution in [0.15, 0.2) is 27.4 Å². The number of carbonyl (C=O) groups excluding carboxylic acids is 1. The van der Waals surface area contributed by atoms with Gasteiger partial charge < -0.3 is 20.2 Å². The summed E-state index contributed by atoms with van der Waals surface area (Å²) in [7, 11) is 0. The number of aliphatic hydroxyl groups is 1. The molecule has 7 nitrogen and oxygen atoms in total. The number of urea groups is 1.